The van der Waals surface area contributed by atoms with E-state index in [4.69, 9.17) is 10.00 Å². The molecule has 0 saturated carbocycles. The summed E-state index contributed by atoms with van der Waals surface area (Å²) in [5.74, 6) is -0.0345. The first-order valence-corrected chi connectivity index (χ1v) is 8.49. The summed E-state index contributed by atoms with van der Waals surface area (Å²) >= 11 is 0. The third-order valence-electron chi connectivity index (χ3n) is 3.99. The van der Waals surface area contributed by atoms with E-state index in [0.29, 0.717) is 37.3 Å². The lowest BCUT2D eigenvalue weighted by Gasteiger charge is -2.27. The molecule has 0 N–H and O–H groups in total. The molecule has 0 aliphatic carbocycles. The van der Waals surface area contributed by atoms with Crippen molar-refractivity contribution >= 4 is 17.6 Å². The number of nitrogens with zero attached hydrogens (tertiary/aromatic N) is 3. The van der Waals surface area contributed by atoms with Gasteiger partial charge in [-0.05, 0) is 52.3 Å². The Labute approximate surface area is 149 Å². The second-order valence-electron chi connectivity index (χ2n) is 7.21. The quantitative estimate of drug-likeness (QED) is 0.771. The minimum absolute atomic E-state index is 0.0345. The molecule has 1 fully saturated rings. The first-order chi connectivity index (χ1) is 11.7. The Balaban J connectivity index is 2.17. The number of ether oxygens (including phenoxy) is 1. The number of hydrogen-bond acceptors (Lipinski definition) is 5. The van der Waals surface area contributed by atoms with Gasteiger partial charge in [0.15, 0.2) is 5.78 Å². The zero-order valence-corrected chi connectivity index (χ0v) is 15.3. The third kappa shape index (κ3) is 4.96. The number of carbonyl (C=O) groups is 2. The van der Waals surface area contributed by atoms with Gasteiger partial charge in [-0.3, -0.25) is 4.79 Å². The van der Waals surface area contributed by atoms with Crippen LogP contribution >= 0.6 is 0 Å². The van der Waals surface area contributed by atoms with E-state index in [-0.39, 0.29) is 11.9 Å². The number of anilines is 1. The highest BCUT2D eigenvalue weighted by atomic mass is 16.6. The highest BCUT2D eigenvalue weighted by Gasteiger charge is 2.25. The SMILES string of the molecule is CC(=O)c1ccc(C#N)cc1N1CCCN(C(=O)OC(C)(C)C)CC1. The van der Waals surface area contributed by atoms with E-state index in [2.05, 4.69) is 11.0 Å². The Kier molecular flexibility index (Phi) is 5.68. The number of carbonyl (C=O) groups excluding carboxylic acids is 2. The fourth-order valence-electron chi connectivity index (χ4n) is 2.83. The number of ketones is 1. The maximum Gasteiger partial charge on any atom is 0.410 e. The highest BCUT2D eigenvalue weighted by Crippen LogP contribution is 2.24. The summed E-state index contributed by atoms with van der Waals surface area (Å²) in [4.78, 5) is 28.0. The maximum atomic E-state index is 12.3. The number of hydrogen-bond donors (Lipinski definition) is 0. The van der Waals surface area contributed by atoms with E-state index in [9.17, 15) is 9.59 Å². The molecule has 1 aliphatic rings. The number of nitriles is 1. The van der Waals surface area contributed by atoms with Crippen molar-refractivity contribution in [2.45, 2.75) is 39.7 Å². The average Bonchev–Trinajstić information content (AvgIpc) is 2.78. The molecule has 0 spiro atoms. The van der Waals surface area contributed by atoms with Crippen molar-refractivity contribution in [1.29, 1.82) is 5.26 Å². The molecule has 0 atom stereocenters. The van der Waals surface area contributed by atoms with E-state index in [1.54, 1.807) is 23.1 Å². The molecule has 2 rings (SSSR count). The normalized spacial score (nSPS) is 15.3. The Bertz CT molecular complexity index is 701. The number of amides is 1. The van der Waals surface area contributed by atoms with Crippen molar-refractivity contribution in [3.63, 3.8) is 0 Å². The molecule has 1 saturated heterocycles. The summed E-state index contributed by atoms with van der Waals surface area (Å²) in [6, 6.07) is 7.23. The topological polar surface area (TPSA) is 73.6 Å². The highest BCUT2D eigenvalue weighted by molar-refractivity contribution is 6.00. The van der Waals surface area contributed by atoms with E-state index in [1.807, 2.05) is 20.8 Å². The first kappa shape index (κ1) is 18.8. The second kappa shape index (κ2) is 7.56. The van der Waals surface area contributed by atoms with Crippen LogP contribution in [0.5, 0.6) is 0 Å². The number of Topliss-reactive ketones (excluding diaryl/α,β-unsaturated/α-hetero) is 1. The van der Waals surface area contributed by atoms with Crippen molar-refractivity contribution in [1.82, 2.24) is 4.90 Å². The van der Waals surface area contributed by atoms with Crippen molar-refractivity contribution < 1.29 is 14.3 Å². The monoisotopic (exact) mass is 343 g/mol. The van der Waals surface area contributed by atoms with E-state index in [0.717, 1.165) is 12.1 Å². The maximum absolute atomic E-state index is 12.3. The second-order valence-corrected chi connectivity index (χ2v) is 7.21. The van der Waals surface area contributed by atoms with Gasteiger partial charge in [-0.25, -0.2) is 4.79 Å². The van der Waals surface area contributed by atoms with Gasteiger partial charge in [-0.15, -0.1) is 0 Å². The van der Waals surface area contributed by atoms with Gasteiger partial charge < -0.3 is 14.5 Å². The standard InChI is InChI=1S/C19H25N3O3/c1-14(23)16-7-6-15(13-20)12-17(16)21-8-5-9-22(11-10-21)18(24)25-19(2,3)4/h6-7,12H,5,8-11H2,1-4H3. The minimum atomic E-state index is -0.522. The summed E-state index contributed by atoms with van der Waals surface area (Å²) in [5, 5.41) is 9.15. The summed E-state index contributed by atoms with van der Waals surface area (Å²) < 4.78 is 5.44. The van der Waals surface area contributed by atoms with E-state index >= 15 is 0 Å². The molecule has 0 unspecified atom stereocenters. The van der Waals surface area contributed by atoms with Crippen LogP contribution in [0.3, 0.4) is 0 Å². The molecule has 134 valence electrons. The number of benzene rings is 1. The van der Waals surface area contributed by atoms with Crippen molar-refractivity contribution in [2.75, 3.05) is 31.1 Å². The lowest BCUT2D eigenvalue weighted by Crippen LogP contribution is -2.39. The van der Waals surface area contributed by atoms with Crippen LogP contribution in [0.2, 0.25) is 0 Å². The summed E-state index contributed by atoms with van der Waals surface area (Å²) in [6.45, 7) is 9.50. The van der Waals surface area contributed by atoms with Gasteiger partial charge in [0.05, 0.1) is 11.6 Å². The molecule has 1 aromatic carbocycles. The zero-order chi connectivity index (χ0) is 18.6. The van der Waals surface area contributed by atoms with Crippen LogP contribution in [0.1, 0.15) is 50.0 Å². The van der Waals surface area contributed by atoms with Crippen LogP contribution in [-0.4, -0.2) is 48.6 Å². The molecule has 1 aliphatic heterocycles. The Morgan fingerprint density at radius 2 is 1.88 bits per heavy atom. The van der Waals surface area contributed by atoms with Crippen LogP contribution in [0.25, 0.3) is 0 Å². The van der Waals surface area contributed by atoms with Crippen LogP contribution in [0.4, 0.5) is 10.5 Å². The molecule has 0 bridgehead atoms. The van der Waals surface area contributed by atoms with Crippen molar-refractivity contribution in [3.8, 4) is 6.07 Å². The lowest BCUT2D eigenvalue weighted by molar-refractivity contribution is 0.0263. The molecule has 6 nitrogen and oxygen atoms in total. The van der Waals surface area contributed by atoms with E-state index < -0.39 is 5.60 Å². The summed E-state index contributed by atoms with van der Waals surface area (Å²) in [5.41, 5.74) is 1.36. The van der Waals surface area contributed by atoms with Gasteiger partial charge in [0.25, 0.3) is 0 Å². The van der Waals surface area contributed by atoms with Gasteiger partial charge in [-0.1, -0.05) is 0 Å². The molecule has 0 radical (unpaired) electrons. The van der Waals surface area contributed by atoms with Gasteiger partial charge in [0.1, 0.15) is 5.60 Å². The van der Waals surface area contributed by atoms with Gasteiger partial charge in [0.2, 0.25) is 0 Å². The molecule has 1 amide bonds. The van der Waals surface area contributed by atoms with Crippen molar-refractivity contribution in [2.24, 2.45) is 0 Å². The van der Waals surface area contributed by atoms with Crippen LogP contribution in [0.15, 0.2) is 18.2 Å². The molecule has 1 aromatic rings. The van der Waals surface area contributed by atoms with Gasteiger partial charge in [0, 0.05) is 37.4 Å². The summed E-state index contributed by atoms with van der Waals surface area (Å²) in [7, 11) is 0. The molecular formula is C19H25N3O3. The Hall–Kier alpha value is -2.55. The predicted molar refractivity (Wildman–Crippen MR) is 95.8 cm³/mol. The molecule has 6 heteroatoms. The average molecular weight is 343 g/mol. The fourth-order valence-corrected chi connectivity index (χ4v) is 2.83. The van der Waals surface area contributed by atoms with Gasteiger partial charge >= 0.3 is 6.09 Å². The molecule has 25 heavy (non-hydrogen) atoms. The Morgan fingerprint density at radius 3 is 2.48 bits per heavy atom. The molecule has 1 heterocycles. The van der Waals surface area contributed by atoms with Gasteiger partial charge in [-0.2, -0.15) is 5.26 Å². The largest absolute Gasteiger partial charge is 0.444 e. The van der Waals surface area contributed by atoms with E-state index in [1.165, 1.54) is 6.92 Å². The fraction of sp³-hybridized carbons (Fsp3) is 0.526. The summed E-state index contributed by atoms with van der Waals surface area (Å²) in [6.07, 6.45) is 0.458. The first-order valence-electron chi connectivity index (χ1n) is 8.49. The zero-order valence-electron chi connectivity index (χ0n) is 15.3. The minimum Gasteiger partial charge on any atom is -0.444 e. The Morgan fingerprint density at radius 1 is 1.16 bits per heavy atom. The lowest BCUT2D eigenvalue weighted by atomic mass is 10.1. The smallest absolute Gasteiger partial charge is 0.410 e. The van der Waals surface area contributed by atoms with Crippen molar-refractivity contribution in [3.05, 3.63) is 29.3 Å². The predicted octanol–water partition coefficient (Wildman–Crippen LogP) is 3.21. The molecule has 0 aromatic heterocycles. The van der Waals surface area contributed by atoms with Crippen LogP contribution in [0, 0.1) is 11.3 Å². The van der Waals surface area contributed by atoms with Crippen LogP contribution in [-0.2, 0) is 4.74 Å². The molecular weight excluding hydrogens is 318 g/mol. The number of rotatable bonds is 2. The third-order valence-corrected chi connectivity index (χ3v) is 3.99. The van der Waals surface area contributed by atoms with Crippen LogP contribution < -0.4 is 4.90 Å².